The number of fused-ring (bicyclic) bond motifs is 8. The van der Waals surface area contributed by atoms with Crippen LogP contribution in [0.15, 0.2) is 72.8 Å². The minimum Gasteiger partial charge on any atom is -0.329 e. The Morgan fingerprint density at radius 1 is 0.500 bits per heavy atom. The maximum Gasteiger partial charge on any atom is 0.136 e. The summed E-state index contributed by atoms with van der Waals surface area (Å²) in [6.07, 6.45) is 3.21. The van der Waals surface area contributed by atoms with E-state index in [-0.39, 0.29) is 0 Å². The molecule has 7 nitrogen and oxygen atoms in total. The van der Waals surface area contributed by atoms with Gasteiger partial charge in [-0.1, -0.05) is 37.6 Å². The lowest BCUT2D eigenvalue weighted by molar-refractivity contribution is 0.792. The molecule has 0 saturated carbocycles. The fourth-order valence-electron chi connectivity index (χ4n) is 4.64. The third kappa shape index (κ3) is 4.33. The minimum atomic E-state index is 0.817. The van der Waals surface area contributed by atoms with E-state index in [1.54, 1.807) is 0 Å². The van der Waals surface area contributed by atoms with Crippen molar-refractivity contribution in [1.82, 2.24) is 15.0 Å². The summed E-state index contributed by atoms with van der Waals surface area (Å²) in [4.78, 5) is 23.4. The van der Waals surface area contributed by atoms with Crippen molar-refractivity contribution in [2.45, 2.75) is 26.2 Å². The van der Waals surface area contributed by atoms with E-state index in [0.29, 0.717) is 0 Å². The Morgan fingerprint density at radius 3 is 1.19 bits per heavy atom. The molecule has 0 fully saturated rings. The summed E-state index contributed by atoms with van der Waals surface area (Å²) in [5.41, 5.74) is 3.60. The molecule has 5 rings (SSSR count). The van der Waals surface area contributed by atoms with Gasteiger partial charge in [-0.2, -0.15) is 0 Å². The number of pyridine rings is 3. The van der Waals surface area contributed by atoms with Crippen LogP contribution in [0.2, 0.25) is 0 Å². The molecule has 4 heterocycles. The fourth-order valence-corrected chi connectivity index (χ4v) is 4.64. The van der Waals surface area contributed by atoms with Gasteiger partial charge in [0.2, 0.25) is 0 Å². The molecule has 0 amide bonds. The number of rotatable bonds is 3. The van der Waals surface area contributed by atoms with Gasteiger partial charge < -0.3 is 19.6 Å². The van der Waals surface area contributed by atoms with Crippen molar-refractivity contribution in [2.24, 2.45) is 0 Å². The molecular weight excluding hydrogens is 446 g/mol. The van der Waals surface area contributed by atoms with Gasteiger partial charge in [0.1, 0.15) is 34.9 Å². The molecule has 0 N–H and O–H groups in total. The third-order valence-corrected chi connectivity index (χ3v) is 6.85. The van der Waals surface area contributed by atoms with Crippen molar-refractivity contribution >= 4 is 46.3 Å². The van der Waals surface area contributed by atoms with Crippen LogP contribution >= 0.6 is 0 Å². The molecule has 0 aliphatic carbocycles. The second kappa shape index (κ2) is 9.85. The predicted octanol–water partition coefficient (Wildman–Crippen LogP) is 6.60. The summed E-state index contributed by atoms with van der Waals surface area (Å²) in [6.45, 7) is 2.23. The van der Waals surface area contributed by atoms with E-state index >= 15 is 0 Å². The van der Waals surface area contributed by atoms with E-state index in [1.807, 2.05) is 54.2 Å². The molecule has 8 bridgehead atoms. The largest absolute Gasteiger partial charge is 0.329 e. The van der Waals surface area contributed by atoms with Gasteiger partial charge in [-0.25, -0.2) is 15.0 Å². The van der Waals surface area contributed by atoms with Crippen LogP contribution in [0.5, 0.6) is 0 Å². The number of aromatic nitrogens is 3. The van der Waals surface area contributed by atoms with Crippen molar-refractivity contribution in [3.8, 4) is 0 Å². The molecule has 0 atom stereocenters. The molecule has 1 aliphatic rings. The lowest BCUT2D eigenvalue weighted by atomic mass is 10.0. The molecule has 1 aliphatic heterocycles. The molecule has 3 aromatic heterocycles. The summed E-state index contributed by atoms with van der Waals surface area (Å²) < 4.78 is 0. The Hall–Kier alpha value is -4.13. The van der Waals surface area contributed by atoms with Gasteiger partial charge in [0.05, 0.1) is 0 Å². The van der Waals surface area contributed by atoms with Gasteiger partial charge in [-0.15, -0.1) is 0 Å². The normalized spacial score (nSPS) is 13.2. The Morgan fingerprint density at radius 2 is 0.833 bits per heavy atom. The summed E-state index contributed by atoms with van der Waals surface area (Å²) in [5.74, 6) is 5.08. The topological polar surface area (TPSA) is 51.6 Å². The average molecular weight is 480 g/mol. The molecule has 1 aromatic carbocycles. The molecule has 36 heavy (non-hydrogen) atoms. The first-order valence-corrected chi connectivity index (χ1v) is 12.5. The van der Waals surface area contributed by atoms with Crippen molar-refractivity contribution < 1.29 is 0 Å². The highest BCUT2D eigenvalue weighted by atomic mass is 15.3. The maximum absolute atomic E-state index is 5.03. The Labute approximate surface area is 213 Å². The molecule has 0 unspecified atom stereocenters. The number of unbranched alkanes of at least 4 members (excludes halogenated alkanes) is 1. The summed E-state index contributed by atoms with van der Waals surface area (Å²) in [7, 11) is 8.19. The standard InChI is InChI=1S/C29H33N7/c1-6-7-12-21-22-13-8-14-23(21)34(3)25-16-10-18-27(31-25)36(5)29-20-11-19-28(32-29)35(4)26-17-9-15-24(30-26)33(22)2/h8-11,13-20H,6-7,12H2,1-5H3. The van der Waals surface area contributed by atoms with Gasteiger partial charge in [-0.3, -0.25) is 0 Å². The van der Waals surface area contributed by atoms with Crippen molar-refractivity contribution in [2.75, 3.05) is 47.8 Å². The first-order chi connectivity index (χ1) is 17.5. The lowest BCUT2D eigenvalue weighted by Crippen LogP contribution is -2.21. The van der Waals surface area contributed by atoms with E-state index in [1.165, 1.54) is 5.56 Å². The Bertz CT molecular complexity index is 1280. The molecule has 0 saturated heterocycles. The highest BCUT2D eigenvalue weighted by Gasteiger charge is 2.20. The van der Waals surface area contributed by atoms with Crippen LogP contribution in [-0.2, 0) is 6.42 Å². The lowest BCUT2D eigenvalue weighted by Gasteiger charge is -2.29. The van der Waals surface area contributed by atoms with Crippen molar-refractivity contribution in [3.63, 3.8) is 0 Å². The summed E-state index contributed by atoms with van der Waals surface area (Å²) >= 11 is 0. The fraction of sp³-hybridized carbons (Fsp3) is 0.276. The van der Waals surface area contributed by atoms with Gasteiger partial charge in [0, 0.05) is 39.6 Å². The van der Waals surface area contributed by atoms with Crippen LogP contribution in [0, 0.1) is 0 Å². The second-order valence-corrected chi connectivity index (χ2v) is 9.18. The number of hydrogen-bond donors (Lipinski definition) is 0. The molecule has 0 spiro atoms. The molecule has 184 valence electrons. The zero-order chi connectivity index (χ0) is 25.2. The van der Waals surface area contributed by atoms with E-state index in [2.05, 4.69) is 73.3 Å². The third-order valence-electron chi connectivity index (χ3n) is 6.85. The van der Waals surface area contributed by atoms with Crippen LogP contribution in [0.1, 0.15) is 25.3 Å². The summed E-state index contributed by atoms with van der Waals surface area (Å²) in [6, 6.07) is 24.8. The van der Waals surface area contributed by atoms with Crippen LogP contribution in [0.25, 0.3) is 0 Å². The van der Waals surface area contributed by atoms with Gasteiger partial charge in [0.25, 0.3) is 0 Å². The highest BCUT2D eigenvalue weighted by Crippen LogP contribution is 2.37. The predicted molar refractivity (Wildman–Crippen MR) is 150 cm³/mol. The number of hydrogen-bond acceptors (Lipinski definition) is 7. The Balaban J connectivity index is 1.75. The van der Waals surface area contributed by atoms with E-state index in [0.717, 1.165) is 65.5 Å². The first kappa shape index (κ1) is 23.6. The first-order valence-electron chi connectivity index (χ1n) is 12.5. The van der Waals surface area contributed by atoms with Crippen LogP contribution < -0.4 is 19.6 Å². The quantitative estimate of drug-likeness (QED) is 0.328. The number of benzene rings is 1. The molecule has 0 radical (unpaired) electrons. The van der Waals surface area contributed by atoms with Crippen LogP contribution in [-0.4, -0.2) is 43.1 Å². The van der Waals surface area contributed by atoms with Crippen LogP contribution in [0.4, 0.5) is 46.3 Å². The average Bonchev–Trinajstić information content (AvgIpc) is 2.94. The monoisotopic (exact) mass is 479 g/mol. The maximum atomic E-state index is 5.03. The highest BCUT2D eigenvalue weighted by molar-refractivity contribution is 5.76. The molecular formula is C29H33N7. The van der Waals surface area contributed by atoms with Gasteiger partial charge in [0.15, 0.2) is 0 Å². The SMILES string of the molecule is CCCCc1c2cccc1N(C)c1cccc(n1)N(C)c1cccc(n1)N(C)c1cccc(n1)N2C. The minimum absolute atomic E-state index is 0.817. The van der Waals surface area contributed by atoms with Gasteiger partial charge >= 0.3 is 0 Å². The van der Waals surface area contributed by atoms with E-state index in [4.69, 9.17) is 15.0 Å². The van der Waals surface area contributed by atoms with Gasteiger partial charge in [-0.05, 0) is 66.9 Å². The van der Waals surface area contributed by atoms with Crippen molar-refractivity contribution in [3.05, 3.63) is 78.4 Å². The molecule has 4 aromatic rings. The molecule has 7 heteroatoms. The second-order valence-electron chi connectivity index (χ2n) is 9.18. The zero-order valence-corrected chi connectivity index (χ0v) is 21.7. The van der Waals surface area contributed by atoms with Crippen LogP contribution in [0.3, 0.4) is 0 Å². The van der Waals surface area contributed by atoms with Crippen molar-refractivity contribution in [1.29, 1.82) is 0 Å². The number of nitrogens with zero attached hydrogens (tertiary/aromatic N) is 7. The smallest absolute Gasteiger partial charge is 0.136 e. The Kier molecular flexibility index (Phi) is 6.46. The zero-order valence-electron chi connectivity index (χ0n) is 21.7. The number of anilines is 8. The van der Waals surface area contributed by atoms with E-state index < -0.39 is 0 Å². The summed E-state index contributed by atoms with van der Waals surface area (Å²) in [5, 5.41) is 0. The van der Waals surface area contributed by atoms with E-state index in [9.17, 15) is 0 Å².